The molecule has 0 aliphatic carbocycles. The van der Waals surface area contributed by atoms with Crippen molar-refractivity contribution < 1.29 is 32.6 Å². The Kier molecular flexibility index (Phi) is 8.13. The summed E-state index contributed by atoms with van der Waals surface area (Å²) in [5.41, 5.74) is 1.15. The molecule has 0 spiro atoms. The highest BCUT2D eigenvalue weighted by molar-refractivity contribution is 6.33. The van der Waals surface area contributed by atoms with Gasteiger partial charge in [0.25, 0.3) is 0 Å². The number of anilines is 1. The highest BCUT2D eigenvalue weighted by atomic mass is 35.5. The van der Waals surface area contributed by atoms with Crippen molar-refractivity contribution in [2.45, 2.75) is 56.8 Å². The number of carbonyl (C=O) groups is 2. The number of fused-ring (bicyclic) bond motifs is 8. The number of nitrogens with one attached hydrogen (secondary N) is 1. The van der Waals surface area contributed by atoms with Crippen LogP contribution < -0.4 is 9.64 Å². The van der Waals surface area contributed by atoms with Crippen LogP contribution >= 0.6 is 11.6 Å². The second kappa shape index (κ2) is 12.5. The summed E-state index contributed by atoms with van der Waals surface area (Å²) < 4.78 is 49.1. The Morgan fingerprint density at radius 1 is 1.16 bits per heavy atom. The first-order valence-electron chi connectivity index (χ1n) is 16.6. The minimum Gasteiger partial charge on any atom is -0.461 e. The van der Waals surface area contributed by atoms with Gasteiger partial charge < -0.3 is 24.0 Å². The number of hydrogen-bond acceptors (Lipinski definition) is 11. The van der Waals surface area contributed by atoms with Gasteiger partial charge in [0.2, 0.25) is 5.91 Å². The average molecular weight is 697 g/mol. The van der Waals surface area contributed by atoms with Crippen molar-refractivity contribution in [3.05, 3.63) is 34.9 Å². The summed E-state index contributed by atoms with van der Waals surface area (Å²) in [4.78, 5) is 44.9. The Balaban J connectivity index is 1.30. The third kappa shape index (κ3) is 5.75. The summed E-state index contributed by atoms with van der Waals surface area (Å²) in [6.45, 7) is 3.59. The number of pyridine rings is 1. The van der Waals surface area contributed by atoms with Gasteiger partial charge in [-0.25, -0.2) is 13.6 Å². The molecular formula is C33H35ClF2N8O5. The molecule has 1 N–H and O–H groups in total. The van der Waals surface area contributed by atoms with E-state index in [0.717, 1.165) is 19.4 Å². The molecule has 0 radical (unpaired) electrons. The standard InChI is InChI=1S/C33H35ClF2N8O5/c1-18(45)42-7-8-43-16-20(15-42)49-32(46)47-9-2-4-21-24(34)10-25-22(13-38-41-25)26(21)29-27(36)28-23(12-37-29)30(43)40-31(39-28)48-17-33-5-3-6-44(33)14-19(35)11-33/h10,12-13,19-20H,2-9,11,14-17H2,1H3,(H,38,41)/t19-,20?,33+/m1/s1. The maximum absolute atomic E-state index is 17.1. The van der Waals surface area contributed by atoms with Gasteiger partial charge in [0, 0.05) is 55.1 Å². The summed E-state index contributed by atoms with van der Waals surface area (Å²) in [7, 11) is 0. The van der Waals surface area contributed by atoms with Crippen LogP contribution in [0, 0.1) is 5.82 Å². The largest absolute Gasteiger partial charge is 0.508 e. The molecule has 3 saturated heterocycles. The van der Waals surface area contributed by atoms with Crippen molar-refractivity contribution >= 4 is 51.3 Å². The molecule has 9 rings (SSSR count). The first kappa shape index (κ1) is 31.9. The van der Waals surface area contributed by atoms with Crippen LogP contribution in [0.4, 0.5) is 19.4 Å². The fraction of sp³-hybridized carbons (Fsp3) is 0.515. The van der Waals surface area contributed by atoms with Gasteiger partial charge in [0.05, 0.1) is 42.3 Å². The number of ether oxygens (including phenoxy) is 3. The monoisotopic (exact) mass is 696 g/mol. The topological polar surface area (TPSA) is 139 Å². The molecule has 1 aromatic carbocycles. The van der Waals surface area contributed by atoms with Gasteiger partial charge in [-0.15, -0.1) is 0 Å². The quantitative estimate of drug-likeness (QED) is 0.304. The maximum Gasteiger partial charge on any atom is 0.508 e. The number of alkyl halides is 1. The molecule has 1 amide bonds. The van der Waals surface area contributed by atoms with Gasteiger partial charge in [-0.1, -0.05) is 11.6 Å². The molecule has 13 nitrogen and oxygen atoms in total. The van der Waals surface area contributed by atoms with Crippen LogP contribution in [0.3, 0.4) is 0 Å². The number of H-pyrrole nitrogens is 1. The van der Waals surface area contributed by atoms with Crippen molar-refractivity contribution in [1.29, 1.82) is 0 Å². The second-order valence-electron chi connectivity index (χ2n) is 13.3. The molecule has 8 heterocycles. The first-order chi connectivity index (χ1) is 23.7. The SMILES string of the molecule is CC(=O)N1CCN2CC(C1)OC(=O)OCCCc1c(Cl)cc3[nH]ncc3c1-c1ncc3c2nc(OC[C@@]24CCCN2C[C@H](F)C4)nc3c1F. The van der Waals surface area contributed by atoms with Crippen molar-refractivity contribution in [3.63, 3.8) is 0 Å². The molecule has 3 atom stereocenters. The lowest BCUT2D eigenvalue weighted by Gasteiger charge is -2.31. The fourth-order valence-electron chi connectivity index (χ4n) is 7.87. The van der Waals surface area contributed by atoms with E-state index >= 15 is 4.39 Å². The molecule has 1 unspecified atom stereocenters. The summed E-state index contributed by atoms with van der Waals surface area (Å²) in [6, 6.07) is 1.64. The van der Waals surface area contributed by atoms with E-state index in [1.165, 1.54) is 13.1 Å². The zero-order valence-corrected chi connectivity index (χ0v) is 27.6. The minimum atomic E-state index is -0.952. The fourth-order valence-corrected chi connectivity index (χ4v) is 8.16. The van der Waals surface area contributed by atoms with E-state index in [1.54, 1.807) is 17.2 Å². The predicted octanol–water partition coefficient (Wildman–Crippen LogP) is 4.45. The maximum atomic E-state index is 17.1. The molecule has 6 bridgehead atoms. The number of aromatic amines is 1. The van der Waals surface area contributed by atoms with Crippen LogP contribution in [0.1, 0.15) is 38.2 Å². The van der Waals surface area contributed by atoms with Crippen LogP contribution in [0.5, 0.6) is 6.01 Å². The molecule has 258 valence electrons. The van der Waals surface area contributed by atoms with Crippen LogP contribution in [-0.4, -0.2) is 117 Å². The van der Waals surface area contributed by atoms with E-state index < -0.39 is 29.8 Å². The Hall–Kier alpha value is -4.37. The molecular weight excluding hydrogens is 662 g/mol. The van der Waals surface area contributed by atoms with E-state index in [0.29, 0.717) is 77.2 Å². The third-order valence-corrected chi connectivity index (χ3v) is 10.5. The number of rotatable bonds is 3. The van der Waals surface area contributed by atoms with E-state index in [1.807, 2.05) is 4.90 Å². The molecule has 3 fully saturated rings. The molecule has 4 aromatic rings. The Bertz CT molecular complexity index is 1960. The Morgan fingerprint density at radius 3 is 2.90 bits per heavy atom. The molecule has 16 heteroatoms. The summed E-state index contributed by atoms with van der Waals surface area (Å²) >= 11 is 6.77. The number of carbonyl (C=O) groups excluding carboxylic acids is 2. The van der Waals surface area contributed by atoms with Gasteiger partial charge in [0.1, 0.15) is 35.9 Å². The van der Waals surface area contributed by atoms with Crippen molar-refractivity contribution in [3.8, 4) is 17.3 Å². The third-order valence-electron chi connectivity index (χ3n) is 10.2. The minimum absolute atomic E-state index is 0.0186. The normalized spacial score (nSPS) is 24.6. The number of hydrogen-bond donors (Lipinski definition) is 1. The van der Waals surface area contributed by atoms with Gasteiger partial charge in [-0.2, -0.15) is 15.1 Å². The van der Waals surface area contributed by atoms with Crippen LogP contribution in [0.15, 0.2) is 18.5 Å². The Morgan fingerprint density at radius 2 is 2.04 bits per heavy atom. The lowest BCUT2D eigenvalue weighted by atomic mass is 9.95. The summed E-state index contributed by atoms with van der Waals surface area (Å²) in [5, 5.41) is 8.35. The lowest BCUT2D eigenvalue weighted by Crippen LogP contribution is -2.43. The van der Waals surface area contributed by atoms with Gasteiger partial charge in [0.15, 0.2) is 5.82 Å². The first-order valence-corrected chi connectivity index (χ1v) is 16.9. The average Bonchev–Trinajstić information content (AvgIpc) is 3.72. The highest BCUT2D eigenvalue weighted by Crippen LogP contribution is 2.42. The highest BCUT2D eigenvalue weighted by Gasteiger charge is 2.49. The van der Waals surface area contributed by atoms with E-state index in [9.17, 15) is 14.0 Å². The van der Waals surface area contributed by atoms with Crippen molar-refractivity contribution in [2.24, 2.45) is 0 Å². The number of halogens is 3. The van der Waals surface area contributed by atoms with Crippen LogP contribution in [0.25, 0.3) is 33.1 Å². The predicted molar refractivity (Wildman–Crippen MR) is 175 cm³/mol. The number of amides is 1. The zero-order chi connectivity index (χ0) is 33.9. The number of aromatic nitrogens is 5. The van der Waals surface area contributed by atoms with Crippen molar-refractivity contribution in [1.82, 2.24) is 34.9 Å². The van der Waals surface area contributed by atoms with Crippen molar-refractivity contribution in [2.75, 3.05) is 57.4 Å². The van der Waals surface area contributed by atoms with Gasteiger partial charge >= 0.3 is 12.2 Å². The number of nitrogens with zero attached hydrogens (tertiary/aromatic N) is 7. The smallest absolute Gasteiger partial charge is 0.461 e. The molecule has 3 aromatic heterocycles. The lowest BCUT2D eigenvalue weighted by molar-refractivity contribution is -0.130. The molecule has 49 heavy (non-hydrogen) atoms. The van der Waals surface area contributed by atoms with Gasteiger partial charge in [-0.05, 0) is 43.9 Å². The van der Waals surface area contributed by atoms with Crippen LogP contribution in [-0.2, 0) is 20.7 Å². The van der Waals surface area contributed by atoms with Crippen LogP contribution in [0.2, 0.25) is 5.02 Å². The molecule has 5 aliphatic rings. The molecule has 5 aliphatic heterocycles. The second-order valence-corrected chi connectivity index (χ2v) is 13.7. The number of benzene rings is 1. The summed E-state index contributed by atoms with van der Waals surface area (Å²) in [6.07, 6.45) is 3.25. The van der Waals surface area contributed by atoms with E-state index in [4.69, 9.17) is 30.8 Å². The van der Waals surface area contributed by atoms with Gasteiger partial charge in [-0.3, -0.25) is 19.8 Å². The summed E-state index contributed by atoms with van der Waals surface area (Å²) in [5.74, 6) is -0.589. The Labute approximate surface area is 284 Å². The van der Waals surface area contributed by atoms with E-state index in [-0.39, 0.29) is 49.4 Å². The zero-order valence-electron chi connectivity index (χ0n) is 26.9. The molecule has 0 saturated carbocycles. The van der Waals surface area contributed by atoms with E-state index in [2.05, 4.69) is 25.1 Å².